The highest BCUT2D eigenvalue weighted by molar-refractivity contribution is 8.00. The molecule has 11 heteroatoms. The van der Waals surface area contributed by atoms with E-state index in [4.69, 9.17) is 14.2 Å². The molecule has 0 radical (unpaired) electrons. The van der Waals surface area contributed by atoms with Crippen LogP contribution < -0.4 is 9.47 Å². The predicted molar refractivity (Wildman–Crippen MR) is 143 cm³/mol. The molecule has 7 rings (SSSR count). The number of ether oxygens (including phenoxy) is 3. The number of benzene rings is 2. The van der Waals surface area contributed by atoms with Crippen molar-refractivity contribution in [2.45, 2.75) is 62.7 Å². The number of nitrogens with zero attached hydrogens (tertiary/aromatic N) is 3. The maximum Gasteiger partial charge on any atom is 0.375 e. The molecule has 2 aromatic rings. The predicted octanol–water partition coefficient (Wildman–Crippen LogP) is 2.88. The molecule has 10 nitrogen and oxygen atoms in total. The number of esters is 1. The Bertz CT molecular complexity index is 1550. The zero-order valence-corrected chi connectivity index (χ0v) is 23.4. The van der Waals surface area contributed by atoms with Gasteiger partial charge < -0.3 is 24.4 Å². The molecule has 5 aliphatic heterocycles. The fourth-order valence-electron chi connectivity index (χ4n) is 7.50. The number of carbonyl (C=O) groups is 2. The summed E-state index contributed by atoms with van der Waals surface area (Å²) in [6.45, 7) is 5.41. The van der Waals surface area contributed by atoms with Gasteiger partial charge in [-0.25, -0.2) is 4.79 Å². The molecule has 0 aromatic heterocycles. The summed E-state index contributed by atoms with van der Waals surface area (Å²) in [4.78, 5) is 29.6. The van der Waals surface area contributed by atoms with Crippen LogP contribution >= 0.6 is 11.8 Å². The minimum atomic E-state index is -0.916. The summed E-state index contributed by atoms with van der Waals surface area (Å²) in [7, 11) is 1.97. The number of rotatable bonds is 0. The van der Waals surface area contributed by atoms with E-state index in [-0.39, 0.29) is 42.7 Å². The van der Waals surface area contributed by atoms with Crippen molar-refractivity contribution in [3.05, 3.63) is 45.0 Å². The summed E-state index contributed by atoms with van der Waals surface area (Å²) in [6, 6.07) is 2.33. The van der Waals surface area contributed by atoms with Gasteiger partial charge in [0.05, 0.1) is 29.2 Å². The van der Waals surface area contributed by atoms with Crippen LogP contribution in [0.5, 0.6) is 23.0 Å². The number of phenols is 2. The lowest BCUT2D eigenvalue weighted by Crippen LogP contribution is -2.69. The number of aryl methyl sites for hydroxylation is 1. The highest BCUT2D eigenvalue weighted by atomic mass is 32.2. The average molecular weight is 564 g/mol. The second-order valence-electron chi connectivity index (χ2n) is 11.3. The van der Waals surface area contributed by atoms with Crippen molar-refractivity contribution in [1.29, 1.82) is 5.26 Å². The zero-order valence-electron chi connectivity index (χ0n) is 22.6. The number of hydrogen-bond donors (Lipinski definition) is 2. The number of thioether (sulfide) groups is 1. The molecule has 2 fully saturated rings. The Labute approximate surface area is 235 Å². The van der Waals surface area contributed by atoms with Gasteiger partial charge in [0.15, 0.2) is 11.5 Å². The standard InChI is InChI=1S/C29H29N3O7S/c1-11-5-14-6-15-16(7-30)32-17-8-37-29(36)18(33)9-40-28(23(32)22(31(15)4)19(14)24(34)12(11)2)21-20(17)27-26(38-10-39-27)13(3)25(21)35/h5,15-17,22-23,28,34-35H,6,8-10H2,1-4H3/t15-,16-,17-,22+,23?,28+/m0/s1. The number of phenolic OH excluding ortho intramolecular Hbond substituents is 2. The molecule has 0 saturated carbocycles. The number of aromatic hydroxyl groups is 2. The van der Waals surface area contributed by atoms with E-state index in [1.54, 1.807) is 6.92 Å². The summed E-state index contributed by atoms with van der Waals surface area (Å²) in [5, 5.41) is 33.3. The molecule has 5 aliphatic rings. The average Bonchev–Trinajstić information content (AvgIpc) is 3.42. The Hall–Kier alpha value is -3.46. The molecule has 1 unspecified atom stereocenters. The van der Waals surface area contributed by atoms with Gasteiger partial charge in [-0.05, 0) is 50.9 Å². The first-order chi connectivity index (χ1) is 19.1. The number of piperazine rings is 1. The van der Waals surface area contributed by atoms with Gasteiger partial charge in [0.2, 0.25) is 12.6 Å². The molecule has 2 N–H and O–H groups in total. The first-order valence-corrected chi connectivity index (χ1v) is 14.4. The lowest BCUT2D eigenvalue weighted by molar-refractivity contribution is -0.157. The van der Waals surface area contributed by atoms with Crippen LogP contribution in [0.2, 0.25) is 0 Å². The number of carbonyl (C=O) groups excluding carboxylic acids is 2. The van der Waals surface area contributed by atoms with Crippen LogP contribution in [-0.4, -0.2) is 76.1 Å². The molecule has 2 saturated heterocycles. The molecule has 208 valence electrons. The second kappa shape index (κ2) is 8.77. The molecule has 5 heterocycles. The van der Waals surface area contributed by atoms with Crippen molar-refractivity contribution in [2.24, 2.45) is 0 Å². The summed E-state index contributed by atoms with van der Waals surface area (Å²) >= 11 is 1.25. The Morgan fingerprint density at radius 3 is 2.50 bits per heavy atom. The fraction of sp³-hybridized carbons (Fsp3) is 0.483. The van der Waals surface area contributed by atoms with E-state index in [0.29, 0.717) is 34.6 Å². The van der Waals surface area contributed by atoms with Crippen molar-refractivity contribution in [3.8, 4) is 29.1 Å². The van der Waals surface area contributed by atoms with Crippen LogP contribution in [0, 0.1) is 32.1 Å². The van der Waals surface area contributed by atoms with Gasteiger partial charge in [0.1, 0.15) is 24.1 Å². The van der Waals surface area contributed by atoms with Gasteiger partial charge >= 0.3 is 5.97 Å². The quantitative estimate of drug-likeness (QED) is 0.362. The van der Waals surface area contributed by atoms with Crippen LogP contribution in [0.1, 0.15) is 56.3 Å². The minimum Gasteiger partial charge on any atom is -0.507 e. The minimum absolute atomic E-state index is 0.0200. The molecule has 6 atom stereocenters. The van der Waals surface area contributed by atoms with E-state index >= 15 is 0 Å². The van der Waals surface area contributed by atoms with Crippen molar-refractivity contribution in [3.63, 3.8) is 0 Å². The second-order valence-corrected chi connectivity index (χ2v) is 12.4. The van der Waals surface area contributed by atoms with Crippen molar-refractivity contribution >= 4 is 23.5 Å². The maximum atomic E-state index is 12.7. The first-order valence-electron chi connectivity index (χ1n) is 13.3. The topological polar surface area (TPSA) is 133 Å². The first kappa shape index (κ1) is 25.5. The Morgan fingerprint density at radius 2 is 1.75 bits per heavy atom. The molecule has 4 bridgehead atoms. The monoisotopic (exact) mass is 563 g/mol. The summed E-state index contributed by atoms with van der Waals surface area (Å²) in [6.07, 6.45) is 0.561. The number of ketones is 1. The number of fused-ring (bicyclic) bond motifs is 9. The van der Waals surface area contributed by atoms with Gasteiger partial charge in [-0.15, -0.1) is 11.8 Å². The number of likely N-dealkylation sites (N-methyl/N-ethyl adjacent to an activating group) is 1. The highest BCUT2D eigenvalue weighted by Crippen LogP contribution is 2.63. The van der Waals surface area contributed by atoms with Crippen LogP contribution in [0.3, 0.4) is 0 Å². The number of Topliss-reactive ketones (excluding diaryl/α,β-unsaturated/α-hetero) is 1. The van der Waals surface area contributed by atoms with Gasteiger partial charge in [0, 0.05) is 34.3 Å². The number of cyclic esters (lactones) is 1. The van der Waals surface area contributed by atoms with E-state index in [9.17, 15) is 25.1 Å². The summed E-state index contributed by atoms with van der Waals surface area (Å²) < 4.78 is 17.3. The van der Waals surface area contributed by atoms with E-state index in [1.165, 1.54) is 11.8 Å². The third-order valence-electron chi connectivity index (χ3n) is 9.49. The van der Waals surface area contributed by atoms with Gasteiger partial charge in [-0.3, -0.25) is 14.6 Å². The normalized spacial score (nSPS) is 30.7. The number of hydrogen-bond acceptors (Lipinski definition) is 11. The maximum absolute atomic E-state index is 12.7. The third-order valence-corrected chi connectivity index (χ3v) is 10.8. The van der Waals surface area contributed by atoms with Crippen LogP contribution in [-0.2, 0) is 20.7 Å². The van der Waals surface area contributed by atoms with E-state index in [0.717, 1.165) is 22.3 Å². The van der Waals surface area contributed by atoms with Crippen LogP contribution in [0.4, 0.5) is 0 Å². The van der Waals surface area contributed by atoms with E-state index < -0.39 is 35.1 Å². The SMILES string of the molecule is Cc1cc2c(c(O)c1C)[C@@H]1C3[C@@H]4SCC(=O)C(=O)OC[C@@H](c5c6c(c(C)c(O)c54)OCO6)N3[C@@H](C#N)[C@H](C2)N1C. The van der Waals surface area contributed by atoms with E-state index in [2.05, 4.69) is 21.9 Å². The molecule has 0 spiro atoms. The Morgan fingerprint density at radius 1 is 1.02 bits per heavy atom. The molecule has 0 aliphatic carbocycles. The lowest BCUT2D eigenvalue weighted by Gasteiger charge is -2.61. The van der Waals surface area contributed by atoms with Gasteiger partial charge in [-0.2, -0.15) is 5.26 Å². The Balaban J connectivity index is 1.55. The number of nitriles is 1. The summed E-state index contributed by atoms with van der Waals surface area (Å²) in [5.41, 5.74) is 5.33. The summed E-state index contributed by atoms with van der Waals surface area (Å²) in [5.74, 6) is -0.558. The molecular formula is C29H29N3O7S. The highest BCUT2D eigenvalue weighted by Gasteiger charge is 2.60. The molecular weight excluding hydrogens is 534 g/mol. The fourth-order valence-corrected chi connectivity index (χ4v) is 8.84. The van der Waals surface area contributed by atoms with Crippen LogP contribution in [0.25, 0.3) is 0 Å². The molecule has 0 amide bonds. The third kappa shape index (κ3) is 3.18. The lowest BCUT2D eigenvalue weighted by atomic mass is 9.71. The van der Waals surface area contributed by atoms with Crippen LogP contribution in [0.15, 0.2) is 6.07 Å². The van der Waals surface area contributed by atoms with Crippen molar-refractivity contribution in [2.75, 3.05) is 26.2 Å². The smallest absolute Gasteiger partial charge is 0.375 e. The Kier molecular flexibility index (Phi) is 5.59. The molecule has 40 heavy (non-hydrogen) atoms. The van der Waals surface area contributed by atoms with E-state index in [1.807, 2.05) is 20.9 Å². The van der Waals surface area contributed by atoms with Gasteiger partial charge in [-0.1, -0.05) is 6.07 Å². The molecule has 2 aromatic carbocycles. The van der Waals surface area contributed by atoms with Gasteiger partial charge in [0.25, 0.3) is 0 Å². The zero-order chi connectivity index (χ0) is 28.2. The largest absolute Gasteiger partial charge is 0.507 e. The van der Waals surface area contributed by atoms with Crippen molar-refractivity contribution < 1.29 is 34.0 Å². The van der Waals surface area contributed by atoms with Crippen molar-refractivity contribution in [1.82, 2.24) is 9.80 Å².